The van der Waals surface area contributed by atoms with E-state index in [-0.39, 0.29) is 23.2 Å². The lowest BCUT2D eigenvalue weighted by molar-refractivity contribution is -0.165. The minimum atomic E-state index is -2.06. The minimum Gasteiger partial charge on any atom is -0.466 e. The molecule has 0 N–H and O–H groups in total. The molecule has 0 aromatic rings. The van der Waals surface area contributed by atoms with Crippen molar-refractivity contribution in [3.05, 3.63) is 0 Å². The van der Waals surface area contributed by atoms with Crippen LogP contribution in [0.2, 0.25) is 18.1 Å². The first-order valence-electron chi connectivity index (χ1n) is 8.47. The maximum absolute atomic E-state index is 12.3. The SMILES string of the molecule is CCOC(=O)[C@@H](C)[C@H](O[Si](C)(C)C(C)(C)C)[C@H]1COC(C)(C)O1. The van der Waals surface area contributed by atoms with Crippen molar-refractivity contribution in [3.8, 4) is 0 Å². The molecule has 0 aromatic heterocycles. The van der Waals surface area contributed by atoms with Gasteiger partial charge in [-0.3, -0.25) is 4.79 Å². The van der Waals surface area contributed by atoms with Gasteiger partial charge in [-0.05, 0) is 45.8 Å². The Labute approximate surface area is 142 Å². The number of ether oxygens (including phenoxy) is 3. The van der Waals surface area contributed by atoms with Gasteiger partial charge in [0.15, 0.2) is 14.1 Å². The summed E-state index contributed by atoms with van der Waals surface area (Å²) < 4.78 is 23.4. The second-order valence-electron chi connectivity index (χ2n) is 8.25. The number of rotatable bonds is 6. The van der Waals surface area contributed by atoms with Gasteiger partial charge in [-0.25, -0.2) is 0 Å². The molecule has 0 spiro atoms. The van der Waals surface area contributed by atoms with Crippen LogP contribution in [0.1, 0.15) is 48.5 Å². The minimum absolute atomic E-state index is 0.0502. The van der Waals surface area contributed by atoms with Gasteiger partial charge >= 0.3 is 5.97 Å². The van der Waals surface area contributed by atoms with Crippen molar-refractivity contribution in [2.75, 3.05) is 13.2 Å². The molecule has 0 radical (unpaired) electrons. The molecule has 1 aliphatic rings. The van der Waals surface area contributed by atoms with E-state index in [9.17, 15) is 4.79 Å². The van der Waals surface area contributed by atoms with Crippen LogP contribution in [0.4, 0.5) is 0 Å². The Morgan fingerprint density at radius 3 is 2.30 bits per heavy atom. The summed E-state index contributed by atoms with van der Waals surface area (Å²) in [4.78, 5) is 12.3. The van der Waals surface area contributed by atoms with Crippen LogP contribution in [0, 0.1) is 5.92 Å². The molecule has 23 heavy (non-hydrogen) atoms. The van der Waals surface area contributed by atoms with Gasteiger partial charge in [0.2, 0.25) is 0 Å². The Kier molecular flexibility index (Phi) is 6.46. The van der Waals surface area contributed by atoms with Crippen molar-refractivity contribution < 1.29 is 23.4 Å². The van der Waals surface area contributed by atoms with E-state index in [1.54, 1.807) is 0 Å². The lowest BCUT2D eigenvalue weighted by atomic mass is 10.0. The van der Waals surface area contributed by atoms with Gasteiger partial charge < -0.3 is 18.6 Å². The normalized spacial score (nSPS) is 24.3. The summed E-state index contributed by atoms with van der Waals surface area (Å²) in [6.45, 7) is 19.1. The highest BCUT2D eigenvalue weighted by atomic mass is 28.4. The number of carbonyl (C=O) groups excluding carboxylic acids is 1. The fourth-order valence-corrected chi connectivity index (χ4v) is 3.69. The Morgan fingerprint density at radius 2 is 1.91 bits per heavy atom. The monoisotopic (exact) mass is 346 g/mol. The number of carbonyl (C=O) groups is 1. The molecule has 0 aromatic carbocycles. The molecule has 0 unspecified atom stereocenters. The highest BCUT2D eigenvalue weighted by Crippen LogP contribution is 2.40. The molecule has 3 atom stereocenters. The summed E-state index contributed by atoms with van der Waals surface area (Å²) in [7, 11) is -2.06. The predicted molar refractivity (Wildman–Crippen MR) is 92.8 cm³/mol. The zero-order valence-corrected chi connectivity index (χ0v) is 17.2. The van der Waals surface area contributed by atoms with Gasteiger partial charge in [-0.2, -0.15) is 0 Å². The molecule has 1 fully saturated rings. The number of hydrogen-bond acceptors (Lipinski definition) is 5. The summed E-state index contributed by atoms with van der Waals surface area (Å²) in [6, 6.07) is 0. The Balaban J connectivity index is 3.00. The first kappa shape index (κ1) is 20.6. The zero-order chi connectivity index (χ0) is 18.1. The van der Waals surface area contributed by atoms with E-state index in [4.69, 9.17) is 18.6 Å². The largest absolute Gasteiger partial charge is 0.466 e. The molecule has 1 aliphatic heterocycles. The molecule has 0 saturated carbocycles. The fourth-order valence-electron chi connectivity index (χ4n) is 2.30. The molecule has 6 heteroatoms. The molecule has 5 nitrogen and oxygen atoms in total. The predicted octanol–water partition coefficient (Wildman–Crippen LogP) is 3.73. The first-order valence-corrected chi connectivity index (χ1v) is 11.4. The highest BCUT2D eigenvalue weighted by Gasteiger charge is 2.47. The fraction of sp³-hybridized carbons (Fsp3) is 0.941. The van der Waals surface area contributed by atoms with E-state index in [2.05, 4.69) is 33.9 Å². The van der Waals surface area contributed by atoms with Crippen LogP contribution in [0.3, 0.4) is 0 Å². The maximum Gasteiger partial charge on any atom is 0.311 e. The van der Waals surface area contributed by atoms with E-state index >= 15 is 0 Å². The summed E-state index contributed by atoms with van der Waals surface area (Å²) in [5.74, 6) is -1.29. The van der Waals surface area contributed by atoms with E-state index in [1.807, 2.05) is 27.7 Å². The third-order valence-corrected chi connectivity index (χ3v) is 9.26. The van der Waals surface area contributed by atoms with Crippen LogP contribution in [-0.2, 0) is 23.4 Å². The number of hydrogen-bond donors (Lipinski definition) is 0. The van der Waals surface area contributed by atoms with Gasteiger partial charge in [0.25, 0.3) is 0 Å². The average molecular weight is 347 g/mol. The first-order chi connectivity index (χ1) is 10.3. The van der Waals surface area contributed by atoms with Gasteiger partial charge in [0, 0.05) is 0 Å². The average Bonchev–Trinajstić information content (AvgIpc) is 2.74. The van der Waals surface area contributed by atoms with Crippen molar-refractivity contribution >= 4 is 14.3 Å². The summed E-state index contributed by atoms with van der Waals surface area (Å²) in [5, 5.41) is 0.0502. The van der Waals surface area contributed by atoms with Crippen molar-refractivity contribution in [3.63, 3.8) is 0 Å². The van der Waals surface area contributed by atoms with Crippen molar-refractivity contribution in [1.29, 1.82) is 0 Å². The number of esters is 1. The van der Waals surface area contributed by atoms with Crippen LogP contribution < -0.4 is 0 Å². The van der Waals surface area contributed by atoms with Crippen LogP contribution in [0.15, 0.2) is 0 Å². The van der Waals surface area contributed by atoms with Crippen LogP contribution >= 0.6 is 0 Å². The van der Waals surface area contributed by atoms with Crippen molar-refractivity contribution in [2.45, 2.75) is 84.6 Å². The Hall–Kier alpha value is -0.433. The Morgan fingerprint density at radius 1 is 1.35 bits per heavy atom. The summed E-state index contributed by atoms with van der Waals surface area (Å²) in [6.07, 6.45) is -0.629. The summed E-state index contributed by atoms with van der Waals surface area (Å²) >= 11 is 0. The molecule has 136 valence electrons. The smallest absolute Gasteiger partial charge is 0.311 e. The molecule has 0 amide bonds. The van der Waals surface area contributed by atoms with Gasteiger partial charge in [0.05, 0.1) is 25.2 Å². The van der Waals surface area contributed by atoms with Gasteiger partial charge in [-0.1, -0.05) is 20.8 Å². The van der Waals surface area contributed by atoms with E-state index in [0.717, 1.165) is 0 Å². The van der Waals surface area contributed by atoms with E-state index in [1.165, 1.54) is 0 Å². The zero-order valence-electron chi connectivity index (χ0n) is 16.2. The van der Waals surface area contributed by atoms with Crippen LogP contribution in [-0.4, -0.2) is 45.5 Å². The maximum atomic E-state index is 12.3. The van der Waals surface area contributed by atoms with Crippen LogP contribution in [0.5, 0.6) is 0 Å². The molecule has 0 aliphatic carbocycles. The third-order valence-electron chi connectivity index (χ3n) is 4.78. The molecule has 0 bridgehead atoms. The summed E-state index contributed by atoms with van der Waals surface area (Å²) in [5.41, 5.74) is 0. The lowest BCUT2D eigenvalue weighted by Gasteiger charge is -2.41. The standard InChI is InChI=1S/C17H34O5Si/c1-10-19-15(18)12(2)14(13-11-20-17(6,7)21-13)22-23(8,9)16(3,4)5/h12-14H,10-11H2,1-9H3/t12-,13+,14-/m0/s1. The second-order valence-corrected chi connectivity index (χ2v) is 13.0. The highest BCUT2D eigenvalue weighted by molar-refractivity contribution is 6.74. The Bertz CT molecular complexity index is 414. The lowest BCUT2D eigenvalue weighted by Crippen LogP contribution is -2.51. The molecule has 1 saturated heterocycles. The van der Waals surface area contributed by atoms with Gasteiger partial charge in [-0.15, -0.1) is 0 Å². The topological polar surface area (TPSA) is 54.0 Å². The molecule has 1 heterocycles. The molecular weight excluding hydrogens is 312 g/mol. The second kappa shape index (κ2) is 7.21. The van der Waals surface area contributed by atoms with E-state index < -0.39 is 20.0 Å². The molecule has 1 rings (SSSR count). The quantitative estimate of drug-likeness (QED) is 0.542. The van der Waals surface area contributed by atoms with E-state index in [0.29, 0.717) is 13.2 Å². The van der Waals surface area contributed by atoms with Crippen molar-refractivity contribution in [1.82, 2.24) is 0 Å². The van der Waals surface area contributed by atoms with Crippen LogP contribution in [0.25, 0.3) is 0 Å². The van der Waals surface area contributed by atoms with Gasteiger partial charge in [0.1, 0.15) is 6.10 Å². The molecular formula is C17H34O5Si. The van der Waals surface area contributed by atoms with Crippen molar-refractivity contribution in [2.24, 2.45) is 5.92 Å². The third kappa shape index (κ3) is 5.27.